The standard InChI is InChI=1S/C19H18N4O2/c1-25-16-9-7-15(8-10-16)23-19(24)17-11-18(22-13-21-17)20-12-14-5-3-2-4-6-14/h2-11,13H,12H2,1H3,(H,23,24)(H,20,21,22). The second kappa shape index (κ2) is 7.92. The fraction of sp³-hybridized carbons (Fsp3) is 0.105. The van der Waals surface area contributed by atoms with Crippen molar-refractivity contribution in [1.29, 1.82) is 0 Å². The average molecular weight is 334 g/mol. The number of anilines is 2. The molecule has 0 aliphatic carbocycles. The van der Waals surface area contributed by atoms with E-state index in [0.717, 1.165) is 11.3 Å². The number of ether oxygens (including phenoxy) is 1. The van der Waals surface area contributed by atoms with Crippen molar-refractivity contribution >= 4 is 17.4 Å². The third kappa shape index (κ3) is 4.54. The zero-order chi connectivity index (χ0) is 17.5. The summed E-state index contributed by atoms with van der Waals surface area (Å²) < 4.78 is 5.10. The first-order valence-electron chi connectivity index (χ1n) is 7.80. The highest BCUT2D eigenvalue weighted by atomic mass is 16.5. The minimum atomic E-state index is -0.296. The fourth-order valence-corrected chi connectivity index (χ4v) is 2.24. The van der Waals surface area contributed by atoms with Crippen LogP contribution in [0, 0.1) is 0 Å². The van der Waals surface area contributed by atoms with Crippen LogP contribution in [-0.2, 0) is 6.54 Å². The van der Waals surface area contributed by atoms with Gasteiger partial charge in [-0.25, -0.2) is 9.97 Å². The Hall–Kier alpha value is -3.41. The molecule has 0 bridgehead atoms. The van der Waals surface area contributed by atoms with Crippen LogP contribution in [-0.4, -0.2) is 23.0 Å². The topological polar surface area (TPSA) is 76.1 Å². The van der Waals surface area contributed by atoms with E-state index < -0.39 is 0 Å². The number of amides is 1. The van der Waals surface area contributed by atoms with Gasteiger partial charge in [0.25, 0.3) is 5.91 Å². The highest BCUT2D eigenvalue weighted by molar-refractivity contribution is 6.03. The molecule has 0 saturated carbocycles. The molecule has 126 valence electrons. The Morgan fingerprint density at radius 2 is 1.80 bits per heavy atom. The van der Waals surface area contributed by atoms with Gasteiger partial charge in [0.1, 0.15) is 23.6 Å². The summed E-state index contributed by atoms with van der Waals surface area (Å²) in [6, 6.07) is 18.7. The summed E-state index contributed by atoms with van der Waals surface area (Å²) >= 11 is 0. The summed E-state index contributed by atoms with van der Waals surface area (Å²) in [5, 5.41) is 5.99. The number of carbonyl (C=O) groups is 1. The number of rotatable bonds is 6. The van der Waals surface area contributed by atoms with Crippen LogP contribution >= 0.6 is 0 Å². The first-order chi connectivity index (χ1) is 12.2. The molecule has 0 saturated heterocycles. The SMILES string of the molecule is COc1ccc(NC(=O)c2cc(NCc3ccccc3)ncn2)cc1. The summed E-state index contributed by atoms with van der Waals surface area (Å²) in [4.78, 5) is 20.5. The maximum atomic E-state index is 12.3. The van der Waals surface area contributed by atoms with Crippen molar-refractivity contribution in [3.05, 3.63) is 78.2 Å². The quantitative estimate of drug-likeness (QED) is 0.723. The molecule has 0 fully saturated rings. The van der Waals surface area contributed by atoms with Gasteiger partial charge in [-0.2, -0.15) is 0 Å². The lowest BCUT2D eigenvalue weighted by Gasteiger charge is -2.08. The van der Waals surface area contributed by atoms with Crippen LogP contribution in [0.3, 0.4) is 0 Å². The Labute approximate surface area is 145 Å². The summed E-state index contributed by atoms with van der Waals surface area (Å²) in [5.74, 6) is 1.03. The molecule has 25 heavy (non-hydrogen) atoms. The third-order valence-electron chi connectivity index (χ3n) is 3.56. The first kappa shape index (κ1) is 16.4. The first-order valence-corrected chi connectivity index (χ1v) is 7.80. The van der Waals surface area contributed by atoms with Gasteiger partial charge in [0.05, 0.1) is 7.11 Å². The largest absolute Gasteiger partial charge is 0.497 e. The van der Waals surface area contributed by atoms with Gasteiger partial charge < -0.3 is 15.4 Å². The highest BCUT2D eigenvalue weighted by Gasteiger charge is 2.09. The second-order valence-electron chi connectivity index (χ2n) is 5.31. The molecule has 0 aliphatic rings. The van der Waals surface area contributed by atoms with Crippen LogP contribution in [0.25, 0.3) is 0 Å². The van der Waals surface area contributed by atoms with Crippen molar-refractivity contribution in [2.45, 2.75) is 6.54 Å². The predicted molar refractivity (Wildman–Crippen MR) is 96.7 cm³/mol. The zero-order valence-electron chi connectivity index (χ0n) is 13.8. The molecule has 0 radical (unpaired) electrons. The Kier molecular flexibility index (Phi) is 5.21. The smallest absolute Gasteiger partial charge is 0.274 e. The lowest BCUT2D eigenvalue weighted by molar-refractivity contribution is 0.102. The molecule has 6 nitrogen and oxygen atoms in total. The molecule has 2 aromatic carbocycles. The van der Waals surface area contributed by atoms with E-state index in [4.69, 9.17) is 4.74 Å². The van der Waals surface area contributed by atoms with Crippen molar-refractivity contribution in [3.63, 3.8) is 0 Å². The van der Waals surface area contributed by atoms with E-state index in [1.54, 1.807) is 37.4 Å². The van der Waals surface area contributed by atoms with Crippen LogP contribution in [0.2, 0.25) is 0 Å². The monoisotopic (exact) mass is 334 g/mol. The van der Waals surface area contributed by atoms with Gasteiger partial charge in [-0.1, -0.05) is 30.3 Å². The summed E-state index contributed by atoms with van der Waals surface area (Å²) in [7, 11) is 1.60. The number of nitrogens with zero attached hydrogens (tertiary/aromatic N) is 2. The molecule has 3 rings (SSSR count). The number of hydrogen-bond acceptors (Lipinski definition) is 5. The number of nitrogens with one attached hydrogen (secondary N) is 2. The Bertz CT molecular complexity index is 836. The van der Waals surface area contributed by atoms with Crippen LogP contribution in [0.15, 0.2) is 67.0 Å². The van der Waals surface area contributed by atoms with E-state index in [1.165, 1.54) is 6.33 Å². The molecule has 1 aromatic heterocycles. The number of methoxy groups -OCH3 is 1. The molecule has 0 spiro atoms. The molecule has 0 aliphatic heterocycles. The second-order valence-corrected chi connectivity index (χ2v) is 5.31. The van der Waals surface area contributed by atoms with Crippen molar-refractivity contribution in [3.8, 4) is 5.75 Å². The Balaban J connectivity index is 1.64. The van der Waals surface area contributed by atoms with Crippen molar-refractivity contribution < 1.29 is 9.53 Å². The Morgan fingerprint density at radius 1 is 1.04 bits per heavy atom. The number of aromatic nitrogens is 2. The van der Waals surface area contributed by atoms with Crippen LogP contribution in [0.4, 0.5) is 11.5 Å². The fourth-order valence-electron chi connectivity index (χ4n) is 2.24. The van der Waals surface area contributed by atoms with E-state index in [1.807, 2.05) is 30.3 Å². The highest BCUT2D eigenvalue weighted by Crippen LogP contribution is 2.16. The molecule has 0 unspecified atom stereocenters. The van der Waals surface area contributed by atoms with Crippen LogP contribution in [0.5, 0.6) is 5.75 Å². The molecule has 3 aromatic rings. The minimum absolute atomic E-state index is 0.293. The predicted octanol–water partition coefficient (Wildman–Crippen LogP) is 3.35. The molecular formula is C19H18N4O2. The van der Waals surface area contributed by atoms with E-state index in [9.17, 15) is 4.79 Å². The summed E-state index contributed by atoms with van der Waals surface area (Å²) in [6.45, 7) is 0.622. The van der Waals surface area contributed by atoms with Gasteiger partial charge in [-0.05, 0) is 29.8 Å². The van der Waals surface area contributed by atoms with Gasteiger partial charge >= 0.3 is 0 Å². The molecular weight excluding hydrogens is 316 g/mol. The van der Waals surface area contributed by atoms with Crippen LogP contribution < -0.4 is 15.4 Å². The Morgan fingerprint density at radius 3 is 2.52 bits per heavy atom. The summed E-state index contributed by atoms with van der Waals surface area (Å²) in [5.41, 5.74) is 2.09. The van der Waals surface area contributed by atoms with Crippen molar-refractivity contribution in [1.82, 2.24) is 9.97 Å². The van der Waals surface area contributed by atoms with Gasteiger partial charge in [-0.3, -0.25) is 4.79 Å². The van der Waals surface area contributed by atoms with Gasteiger partial charge in [-0.15, -0.1) is 0 Å². The number of carbonyl (C=O) groups excluding carboxylic acids is 1. The lowest BCUT2D eigenvalue weighted by atomic mass is 10.2. The van der Waals surface area contributed by atoms with E-state index >= 15 is 0 Å². The number of benzene rings is 2. The molecule has 1 amide bonds. The average Bonchev–Trinajstić information content (AvgIpc) is 2.68. The number of hydrogen-bond donors (Lipinski definition) is 2. The maximum absolute atomic E-state index is 12.3. The summed E-state index contributed by atoms with van der Waals surface area (Å²) in [6.07, 6.45) is 1.37. The van der Waals surface area contributed by atoms with Crippen LogP contribution in [0.1, 0.15) is 16.1 Å². The molecule has 1 heterocycles. The van der Waals surface area contributed by atoms with Crippen molar-refractivity contribution in [2.24, 2.45) is 0 Å². The van der Waals surface area contributed by atoms with Gasteiger partial charge in [0, 0.05) is 18.3 Å². The van der Waals surface area contributed by atoms with E-state index in [-0.39, 0.29) is 5.91 Å². The minimum Gasteiger partial charge on any atom is -0.497 e. The van der Waals surface area contributed by atoms with E-state index in [2.05, 4.69) is 20.6 Å². The van der Waals surface area contributed by atoms with Gasteiger partial charge in [0.2, 0.25) is 0 Å². The lowest BCUT2D eigenvalue weighted by Crippen LogP contribution is -2.14. The molecule has 0 atom stereocenters. The van der Waals surface area contributed by atoms with E-state index in [0.29, 0.717) is 23.7 Å². The third-order valence-corrected chi connectivity index (χ3v) is 3.56. The normalized spacial score (nSPS) is 10.1. The maximum Gasteiger partial charge on any atom is 0.274 e. The molecule has 2 N–H and O–H groups in total. The molecule has 6 heteroatoms. The van der Waals surface area contributed by atoms with Gasteiger partial charge in [0.15, 0.2) is 0 Å². The zero-order valence-corrected chi connectivity index (χ0v) is 13.8. The van der Waals surface area contributed by atoms with Crippen molar-refractivity contribution in [2.75, 3.05) is 17.7 Å².